The molecule has 0 aliphatic heterocycles. The molecular weight excluding hydrogens is 381 g/mol. The van der Waals surface area contributed by atoms with Crippen LogP contribution in [0.1, 0.15) is 33.4 Å². The Bertz CT molecular complexity index is 658. The van der Waals surface area contributed by atoms with Crippen LogP contribution in [0.25, 0.3) is 0 Å². The molecule has 138 valence electrons. The van der Waals surface area contributed by atoms with Crippen LogP contribution in [0.5, 0.6) is 0 Å². The summed E-state index contributed by atoms with van der Waals surface area (Å²) in [6.45, 7) is 4.45. The van der Waals surface area contributed by atoms with Gasteiger partial charge < -0.3 is 29.4 Å². The summed E-state index contributed by atoms with van der Waals surface area (Å²) < 4.78 is 34.1. The minimum atomic E-state index is -4.49. The van der Waals surface area contributed by atoms with Crippen molar-refractivity contribution in [3.8, 4) is 0 Å². The summed E-state index contributed by atoms with van der Waals surface area (Å²) in [7, 11) is -13.5. The molecule has 0 radical (unpaired) electrons. The zero-order chi connectivity index (χ0) is 19.1. The summed E-state index contributed by atoms with van der Waals surface area (Å²) >= 11 is 0. The molecule has 0 atom stereocenters. The van der Waals surface area contributed by atoms with Crippen molar-refractivity contribution in [1.29, 1.82) is 0 Å². The minimum absolute atomic E-state index is 0.154. The molecular formula is C12H21O9P3. The van der Waals surface area contributed by atoms with Crippen molar-refractivity contribution in [2.45, 2.75) is 39.3 Å². The first-order valence-corrected chi connectivity index (χ1v) is 12.1. The van der Waals surface area contributed by atoms with Crippen molar-refractivity contribution in [2.75, 3.05) is 0 Å². The van der Waals surface area contributed by atoms with E-state index in [-0.39, 0.29) is 16.7 Å². The van der Waals surface area contributed by atoms with Crippen LogP contribution in [-0.2, 0) is 32.2 Å². The van der Waals surface area contributed by atoms with Gasteiger partial charge >= 0.3 is 22.8 Å². The van der Waals surface area contributed by atoms with Gasteiger partial charge in [0.15, 0.2) is 0 Å². The van der Waals surface area contributed by atoms with Gasteiger partial charge in [0.1, 0.15) is 0 Å². The molecule has 0 aliphatic carbocycles. The Morgan fingerprint density at radius 3 is 0.833 bits per heavy atom. The van der Waals surface area contributed by atoms with Crippen molar-refractivity contribution >= 4 is 22.8 Å². The average Bonchev–Trinajstić information content (AvgIpc) is 2.32. The van der Waals surface area contributed by atoms with E-state index < -0.39 is 41.3 Å². The van der Waals surface area contributed by atoms with Gasteiger partial charge in [0.05, 0.1) is 18.5 Å². The molecule has 0 heterocycles. The lowest BCUT2D eigenvalue weighted by molar-refractivity contribution is 0.370. The minimum Gasteiger partial charge on any atom is -0.324 e. The van der Waals surface area contributed by atoms with Crippen molar-refractivity contribution in [2.24, 2.45) is 0 Å². The predicted molar refractivity (Wildman–Crippen MR) is 87.9 cm³/mol. The van der Waals surface area contributed by atoms with Crippen molar-refractivity contribution in [3.05, 3.63) is 33.4 Å². The van der Waals surface area contributed by atoms with Crippen LogP contribution in [0, 0.1) is 20.8 Å². The third kappa shape index (κ3) is 6.19. The molecule has 0 amide bonds. The molecule has 6 N–H and O–H groups in total. The standard InChI is InChI=1S/C12H21O9P3/c1-7-10(4-22(13,14)15)8(2)12(6-24(19,20)21)9(3)11(7)5-23(16,17)18/h4-6H2,1-3H3,(H2,13,14,15)(H2,16,17,18)(H2,19,20,21). The predicted octanol–water partition coefficient (Wildman–Crippen LogP) is 1.64. The summed E-state index contributed by atoms with van der Waals surface area (Å²) in [5.74, 6) is 0. The van der Waals surface area contributed by atoms with Crippen LogP contribution < -0.4 is 0 Å². The Balaban J connectivity index is 3.74. The summed E-state index contributed by atoms with van der Waals surface area (Å²) in [6.07, 6.45) is -2.02. The first kappa shape index (κ1) is 21.7. The molecule has 0 fully saturated rings. The van der Waals surface area contributed by atoms with Crippen LogP contribution in [0.2, 0.25) is 0 Å². The topological polar surface area (TPSA) is 173 Å². The van der Waals surface area contributed by atoms with E-state index in [1.54, 1.807) is 0 Å². The SMILES string of the molecule is Cc1c(CP(=O)(O)O)c(C)c(CP(=O)(O)O)c(C)c1CP(=O)(O)O. The van der Waals surface area contributed by atoms with E-state index in [1.807, 2.05) is 0 Å². The second kappa shape index (κ2) is 7.12. The molecule has 0 saturated carbocycles. The normalized spacial score (nSPS) is 13.4. The molecule has 1 rings (SSSR count). The maximum Gasteiger partial charge on any atom is 0.329 e. The lowest BCUT2D eigenvalue weighted by atomic mass is 9.90. The van der Waals surface area contributed by atoms with Gasteiger partial charge in [-0.15, -0.1) is 0 Å². The lowest BCUT2D eigenvalue weighted by Crippen LogP contribution is -2.09. The molecule has 0 saturated heterocycles. The van der Waals surface area contributed by atoms with Gasteiger partial charge in [-0.25, -0.2) is 0 Å². The van der Waals surface area contributed by atoms with Crippen LogP contribution in [-0.4, -0.2) is 29.4 Å². The average molecular weight is 402 g/mol. The number of hydrogen-bond acceptors (Lipinski definition) is 3. The highest BCUT2D eigenvalue weighted by Crippen LogP contribution is 2.48. The van der Waals surface area contributed by atoms with E-state index in [0.29, 0.717) is 16.7 Å². The zero-order valence-electron chi connectivity index (χ0n) is 13.4. The maximum absolute atomic E-state index is 11.4. The molecule has 1 aromatic carbocycles. The third-order valence-corrected chi connectivity index (χ3v) is 5.99. The Morgan fingerprint density at radius 2 is 0.708 bits per heavy atom. The highest BCUT2D eigenvalue weighted by molar-refractivity contribution is 7.51. The van der Waals surface area contributed by atoms with Gasteiger partial charge in [0.25, 0.3) is 0 Å². The second-order valence-corrected chi connectivity index (χ2v) is 10.7. The molecule has 1 aromatic rings. The molecule has 24 heavy (non-hydrogen) atoms. The van der Waals surface area contributed by atoms with E-state index in [4.69, 9.17) is 0 Å². The molecule has 0 aliphatic rings. The van der Waals surface area contributed by atoms with Crippen LogP contribution in [0.15, 0.2) is 0 Å². The first-order chi connectivity index (χ1) is 10.5. The van der Waals surface area contributed by atoms with Crippen molar-refractivity contribution in [3.63, 3.8) is 0 Å². The fourth-order valence-corrected chi connectivity index (χ4v) is 5.38. The van der Waals surface area contributed by atoms with E-state index in [0.717, 1.165) is 0 Å². The highest BCUT2D eigenvalue weighted by Gasteiger charge is 2.28. The largest absolute Gasteiger partial charge is 0.329 e. The second-order valence-electron chi connectivity index (χ2n) is 5.78. The van der Waals surface area contributed by atoms with E-state index in [1.165, 1.54) is 20.8 Å². The number of hydrogen-bond donors (Lipinski definition) is 6. The fourth-order valence-electron chi connectivity index (χ4n) is 2.72. The third-order valence-electron chi connectivity index (χ3n) is 3.81. The van der Waals surface area contributed by atoms with Crippen LogP contribution >= 0.6 is 22.8 Å². The van der Waals surface area contributed by atoms with Gasteiger partial charge in [0.2, 0.25) is 0 Å². The van der Waals surface area contributed by atoms with Gasteiger partial charge in [0, 0.05) is 0 Å². The summed E-state index contributed by atoms with van der Waals surface area (Å²) in [5, 5.41) is 0. The molecule has 9 nitrogen and oxygen atoms in total. The van der Waals surface area contributed by atoms with Crippen LogP contribution in [0.4, 0.5) is 0 Å². The van der Waals surface area contributed by atoms with Crippen molar-refractivity contribution < 1.29 is 43.1 Å². The van der Waals surface area contributed by atoms with Gasteiger partial charge in [-0.05, 0) is 54.2 Å². The van der Waals surface area contributed by atoms with E-state index >= 15 is 0 Å². The van der Waals surface area contributed by atoms with Gasteiger partial charge in [-0.1, -0.05) is 0 Å². The Kier molecular flexibility index (Phi) is 6.44. The van der Waals surface area contributed by atoms with Crippen LogP contribution in [0.3, 0.4) is 0 Å². The summed E-state index contributed by atoms with van der Waals surface area (Å²) in [4.78, 5) is 55.4. The van der Waals surface area contributed by atoms with Gasteiger partial charge in [-0.3, -0.25) is 13.7 Å². The molecule has 0 unspecified atom stereocenters. The van der Waals surface area contributed by atoms with E-state index in [9.17, 15) is 43.1 Å². The summed E-state index contributed by atoms with van der Waals surface area (Å²) in [5.41, 5.74) is 1.39. The monoisotopic (exact) mass is 402 g/mol. The van der Waals surface area contributed by atoms with Crippen molar-refractivity contribution in [1.82, 2.24) is 0 Å². The van der Waals surface area contributed by atoms with Gasteiger partial charge in [-0.2, -0.15) is 0 Å². The van der Waals surface area contributed by atoms with E-state index in [2.05, 4.69) is 0 Å². The zero-order valence-corrected chi connectivity index (χ0v) is 16.1. The Labute approximate surface area is 139 Å². The quantitative estimate of drug-likeness (QED) is 0.387. The lowest BCUT2D eigenvalue weighted by Gasteiger charge is -2.23. The highest BCUT2D eigenvalue weighted by atomic mass is 31.2. The molecule has 0 spiro atoms. The maximum atomic E-state index is 11.4. The Morgan fingerprint density at radius 1 is 0.542 bits per heavy atom. The number of rotatable bonds is 6. The summed E-state index contributed by atoms with van der Waals surface area (Å²) in [6, 6.07) is 0. The first-order valence-electron chi connectivity index (χ1n) is 6.76. The number of benzene rings is 1. The smallest absolute Gasteiger partial charge is 0.324 e. The molecule has 0 bridgehead atoms. The Hall–Kier alpha value is -0.330. The fraction of sp³-hybridized carbons (Fsp3) is 0.500. The molecule has 0 aromatic heterocycles. The molecule has 12 heteroatoms.